The normalized spacial score (nSPS) is 13.7. The van der Waals surface area contributed by atoms with Gasteiger partial charge in [-0.15, -0.1) is 0 Å². The maximum Gasteiger partial charge on any atom is 0.119 e. The summed E-state index contributed by atoms with van der Waals surface area (Å²) < 4.78 is 5.80. The van der Waals surface area contributed by atoms with Crippen molar-refractivity contribution >= 4 is 0 Å². The third kappa shape index (κ3) is 4.61. The lowest BCUT2D eigenvalue weighted by Crippen LogP contribution is -2.26. The molecule has 2 N–H and O–H groups in total. The second-order valence-corrected chi connectivity index (χ2v) is 5.58. The first-order valence-corrected chi connectivity index (χ1v) is 7.73. The van der Waals surface area contributed by atoms with E-state index in [-0.39, 0.29) is 6.04 Å². The van der Waals surface area contributed by atoms with Gasteiger partial charge in [-0.25, -0.2) is 0 Å². The summed E-state index contributed by atoms with van der Waals surface area (Å²) in [5.74, 6) is 1.28. The molecule has 2 atom stereocenters. The highest BCUT2D eigenvalue weighted by atomic mass is 16.5. The smallest absolute Gasteiger partial charge is 0.119 e. The van der Waals surface area contributed by atoms with Crippen molar-refractivity contribution in [2.45, 2.75) is 45.3 Å². The van der Waals surface area contributed by atoms with E-state index in [0.717, 1.165) is 18.6 Å². The Morgan fingerprint density at radius 3 is 2.29 bits per heavy atom. The van der Waals surface area contributed by atoms with Gasteiger partial charge in [0.15, 0.2) is 0 Å². The second kappa shape index (κ2) is 7.84. The van der Waals surface area contributed by atoms with E-state index in [0.29, 0.717) is 12.5 Å². The van der Waals surface area contributed by atoms with E-state index in [1.165, 1.54) is 11.1 Å². The van der Waals surface area contributed by atoms with Crippen LogP contribution in [-0.4, -0.2) is 6.04 Å². The topological polar surface area (TPSA) is 35.2 Å². The summed E-state index contributed by atoms with van der Waals surface area (Å²) in [6.45, 7) is 4.97. The van der Waals surface area contributed by atoms with Crippen LogP contribution in [0.25, 0.3) is 0 Å². The second-order valence-electron chi connectivity index (χ2n) is 5.58. The van der Waals surface area contributed by atoms with Gasteiger partial charge in [0.2, 0.25) is 0 Å². The minimum atomic E-state index is 0.228. The Bertz CT molecular complexity index is 521. The van der Waals surface area contributed by atoms with Gasteiger partial charge in [0.05, 0.1) is 0 Å². The summed E-state index contributed by atoms with van der Waals surface area (Å²) >= 11 is 0. The highest BCUT2D eigenvalue weighted by Crippen LogP contribution is 2.23. The molecule has 0 radical (unpaired) electrons. The van der Waals surface area contributed by atoms with E-state index in [1.807, 2.05) is 30.3 Å². The molecule has 0 saturated heterocycles. The number of benzene rings is 2. The largest absolute Gasteiger partial charge is 0.489 e. The van der Waals surface area contributed by atoms with Crippen LogP contribution in [0.3, 0.4) is 0 Å². The van der Waals surface area contributed by atoms with Crippen LogP contribution in [-0.2, 0) is 6.61 Å². The fraction of sp³-hybridized carbons (Fsp3) is 0.368. The van der Waals surface area contributed by atoms with Gasteiger partial charge in [0.1, 0.15) is 12.4 Å². The van der Waals surface area contributed by atoms with Gasteiger partial charge in [0, 0.05) is 6.04 Å². The van der Waals surface area contributed by atoms with Crippen LogP contribution in [0.4, 0.5) is 0 Å². The number of hydrogen-bond acceptors (Lipinski definition) is 2. The maximum absolute atomic E-state index is 6.20. The predicted molar refractivity (Wildman–Crippen MR) is 88.5 cm³/mol. The first kappa shape index (κ1) is 15.6. The predicted octanol–water partition coefficient (Wildman–Crippen LogP) is 4.50. The van der Waals surface area contributed by atoms with E-state index in [9.17, 15) is 0 Å². The summed E-state index contributed by atoms with van der Waals surface area (Å²) in [5, 5.41) is 0. The monoisotopic (exact) mass is 283 g/mol. The molecule has 2 rings (SSSR count). The molecular weight excluding hydrogens is 258 g/mol. The first-order chi connectivity index (χ1) is 10.2. The van der Waals surface area contributed by atoms with Crippen molar-refractivity contribution < 1.29 is 4.74 Å². The van der Waals surface area contributed by atoms with Crippen molar-refractivity contribution in [3.05, 3.63) is 65.7 Å². The number of ether oxygens (including phenoxy) is 1. The molecular formula is C19H25NO. The molecule has 2 aromatic carbocycles. The van der Waals surface area contributed by atoms with Crippen molar-refractivity contribution in [1.82, 2.24) is 0 Å². The number of hydrogen-bond donors (Lipinski definition) is 1. The summed E-state index contributed by atoms with van der Waals surface area (Å²) in [4.78, 5) is 0. The Labute approximate surface area is 127 Å². The zero-order valence-electron chi connectivity index (χ0n) is 13.0. The zero-order valence-corrected chi connectivity index (χ0v) is 13.0. The molecule has 21 heavy (non-hydrogen) atoms. The molecule has 0 aliphatic heterocycles. The Balaban J connectivity index is 1.92. The lowest BCUT2D eigenvalue weighted by molar-refractivity contribution is 0.306. The Morgan fingerprint density at radius 2 is 1.67 bits per heavy atom. The molecule has 0 amide bonds. The highest BCUT2D eigenvalue weighted by Gasteiger charge is 2.13. The average molecular weight is 283 g/mol. The summed E-state index contributed by atoms with van der Waals surface area (Å²) in [7, 11) is 0. The van der Waals surface area contributed by atoms with Crippen molar-refractivity contribution in [2.24, 2.45) is 5.73 Å². The van der Waals surface area contributed by atoms with Gasteiger partial charge in [-0.2, -0.15) is 0 Å². The summed E-state index contributed by atoms with van der Waals surface area (Å²) in [6, 6.07) is 18.8. The SMILES string of the molecule is CCCC(N)C(C)c1ccc(OCc2ccccc2)cc1. The van der Waals surface area contributed by atoms with Crippen LogP contribution in [0, 0.1) is 0 Å². The fourth-order valence-corrected chi connectivity index (χ4v) is 2.44. The van der Waals surface area contributed by atoms with Gasteiger partial charge in [-0.1, -0.05) is 62.7 Å². The Morgan fingerprint density at radius 1 is 1.00 bits per heavy atom. The van der Waals surface area contributed by atoms with Crippen LogP contribution in [0.2, 0.25) is 0 Å². The maximum atomic E-state index is 6.20. The third-order valence-corrected chi connectivity index (χ3v) is 3.92. The highest BCUT2D eigenvalue weighted by molar-refractivity contribution is 5.30. The molecule has 2 heteroatoms. The molecule has 0 aliphatic carbocycles. The lowest BCUT2D eigenvalue weighted by atomic mass is 9.91. The molecule has 2 aromatic rings. The van der Waals surface area contributed by atoms with E-state index < -0.39 is 0 Å². The first-order valence-electron chi connectivity index (χ1n) is 7.73. The van der Waals surface area contributed by atoms with Crippen molar-refractivity contribution in [1.29, 1.82) is 0 Å². The standard InChI is InChI=1S/C19H25NO/c1-3-7-19(20)15(2)17-10-12-18(13-11-17)21-14-16-8-5-4-6-9-16/h4-6,8-13,15,19H,3,7,14,20H2,1-2H3. The zero-order chi connectivity index (χ0) is 15.1. The summed E-state index contributed by atoms with van der Waals surface area (Å²) in [5.41, 5.74) is 8.66. The van der Waals surface area contributed by atoms with Crippen LogP contribution < -0.4 is 10.5 Å². The van der Waals surface area contributed by atoms with Gasteiger partial charge in [0.25, 0.3) is 0 Å². The van der Waals surface area contributed by atoms with E-state index in [1.54, 1.807) is 0 Å². The van der Waals surface area contributed by atoms with Gasteiger partial charge >= 0.3 is 0 Å². The molecule has 0 saturated carbocycles. The van der Waals surface area contributed by atoms with Crippen LogP contribution in [0.15, 0.2) is 54.6 Å². The molecule has 0 bridgehead atoms. The van der Waals surface area contributed by atoms with Crippen LogP contribution in [0.5, 0.6) is 5.75 Å². The van der Waals surface area contributed by atoms with E-state index in [2.05, 4.69) is 38.1 Å². The van der Waals surface area contributed by atoms with Gasteiger partial charge in [-0.05, 0) is 35.6 Å². The summed E-state index contributed by atoms with van der Waals surface area (Å²) in [6.07, 6.45) is 2.19. The van der Waals surface area contributed by atoms with E-state index >= 15 is 0 Å². The molecule has 2 unspecified atom stereocenters. The molecule has 0 heterocycles. The van der Waals surface area contributed by atoms with Crippen LogP contribution >= 0.6 is 0 Å². The molecule has 2 nitrogen and oxygen atoms in total. The van der Waals surface area contributed by atoms with Crippen molar-refractivity contribution in [3.8, 4) is 5.75 Å². The third-order valence-electron chi connectivity index (χ3n) is 3.92. The molecule has 0 fully saturated rings. The van der Waals surface area contributed by atoms with Gasteiger partial charge < -0.3 is 10.5 Å². The lowest BCUT2D eigenvalue weighted by Gasteiger charge is -2.20. The molecule has 0 aliphatic rings. The average Bonchev–Trinajstić information content (AvgIpc) is 2.54. The fourth-order valence-electron chi connectivity index (χ4n) is 2.44. The molecule has 0 spiro atoms. The quantitative estimate of drug-likeness (QED) is 0.812. The van der Waals surface area contributed by atoms with Gasteiger partial charge in [-0.3, -0.25) is 0 Å². The molecule has 112 valence electrons. The Kier molecular flexibility index (Phi) is 5.82. The molecule has 0 aromatic heterocycles. The minimum absolute atomic E-state index is 0.228. The number of nitrogens with two attached hydrogens (primary N) is 1. The number of rotatable bonds is 7. The van der Waals surface area contributed by atoms with E-state index in [4.69, 9.17) is 10.5 Å². The van der Waals surface area contributed by atoms with Crippen molar-refractivity contribution in [2.75, 3.05) is 0 Å². The van der Waals surface area contributed by atoms with Crippen LogP contribution in [0.1, 0.15) is 43.7 Å². The van der Waals surface area contributed by atoms with Crippen molar-refractivity contribution in [3.63, 3.8) is 0 Å². The minimum Gasteiger partial charge on any atom is -0.489 e. The Hall–Kier alpha value is -1.80.